The van der Waals surface area contributed by atoms with Crippen LogP contribution in [0.2, 0.25) is 0 Å². The molecule has 6 nitrogen and oxygen atoms in total. The summed E-state index contributed by atoms with van der Waals surface area (Å²) in [6.07, 6.45) is 2.69. The van der Waals surface area contributed by atoms with Crippen LogP contribution in [-0.4, -0.2) is 32.6 Å². The molecule has 4 rings (SSSR count). The number of nitrogens with zero attached hydrogens (tertiary/aromatic N) is 2. The third kappa shape index (κ3) is 5.59. The highest BCUT2D eigenvalue weighted by molar-refractivity contribution is 7.09. The van der Waals surface area contributed by atoms with Crippen LogP contribution in [0.5, 0.6) is 0 Å². The van der Waals surface area contributed by atoms with Crippen molar-refractivity contribution in [1.82, 2.24) is 14.9 Å². The number of aliphatic carboxylic acids is 1. The molecule has 0 unspecified atom stereocenters. The van der Waals surface area contributed by atoms with Gasteiger partial charge in [0, 0.05) is 29.3 Å². The summed E-state index contributed by atoms with van der Waals surface area (Å²) in [5.74, 6) is -1.09. The molecule has 0 aliphatic rings. The van der Waals surface area contributed by atoms with Crippen molar-refractivity contribution in [3.8, 4) is 0 Å². The summed E-state index contributed by atoms with van der Waals surface area (Å²) in [5, 5.41) is 14.3. The second kappa shape index (κ2) is 10.8. The Bertz CT molecular complexity index is 1310. The van der Waals surface area contributed by atoms with Gasteiger partial charge in [0.15, 0.2) is 0 Å². The van der Waals surface area contributed by atoms with Gasteiger partial charge in [0.05, 0.1) is 11.0 Å². The predicted octanol–water partition coefficient (Wildman–Crippen LogP) is 5.61. The van der Waals surface area contributed by atoms with Crippen LogP contribution in [0.4, 0.5) is 4.39 Å². The maximum atomic E-state index is 13.2. The molecule has 0 saturated carbocycles. The number of carboxylic acids is 1. The maximum absolute atomic E-state index is 13.2. The van der Waals surface area contributed by atoms with E-state index in [-0.39, 0.29) is 6.42 Å². The molecule has 0 radical (unpaired) electrons. The molecule has 0 saturated heterocycles. The Hall–Kier alpha value is -3.52. The summed E-state index contributed by atoms with van der Waals surface area (Å²) >= 11 is 1.69. The van der Waals surface area contributed by atoms with Gasteiger partial charge in [-0.3, -0.25) is 4.79 Å². The molecule has 35 heavy (non-hydrogen) atoms. The van der Waals surface area contributed by atoms with Crippen molar-refractivity contribution < 1.29 is 19.1 Å². The Morgan fingerprint density at radius 3 is 2.49 bits per heavy atom. The monoisotopic (exact) mass is 493 g/mol. The van der Waals surface area contributed by atoms with E-state index >= 15 is 0 Å². The van der Waals surface area contributed by atoms with E-state index in [2.05, 4.69) is 29.8 Å². The van der Waals surface area contributed by atoms with Crippen molar-refractivity contribution in [2.75, 3.05) is 0 Å². The highest BCUT2D eigenvalue weighted by Crippen LogP contribution is 2.28. The lowest BCUT2D eigenvalue weighted by molar-refractivity contribution is -0.139. The topological polar surface area (TPSA) is 84.2 Å². The van der Waals surface area contributed by atoms with Crippen LogP contribution in [0.1, 0.15) is 59.4 Å². The molecule has 8 heteroatoms. The number of carbonyl (C=O) groups excluding carboxylic acids is 1. The first kappa shape index (κ1) is 24.6. The Kier molecular flexibility index (Phi) is 7.60. The molecule has 2 aromatic carbocycles. The fourth-order valence-electron chi connectivity index (χ4n) is 4.34. The van der Waals surface area contributed by atoms with E-state index in [4.69, 9.17) is 4.98 Å². The van der Waals surface area contributed by atoms with E-state index < -0.39 is 23.7 Å². The van der Waals surface area contributed by atoms with E-state index in [1.807, 2.05) is 17.5 Å². The summed E-state index contributed by atoms with van der Waals surface area (Å²) in [6.45, 7) is 4.31. The summed E-state index contributed by atoms with van der Waals surface area (Å²) < 4.78 is 15.4. The fourth-order valence-corrected chi connectivity index (χ4v) is 5.04. The van der Waals surface area contributed by atoms with E-state index in [9.17, 15) is 19.1 Å². The van der Waals surface area contributed by atoms with Gasteiger partial charge in [0.2, 0.25) is 0 Å². The Balaban J connectivity index is 1.61. The zero-order valence-electron chi connectivity index (χ0n) is 19.7. The zero-order valence-corrected chi connectivity index (χ0v) is 20.5. The van der Waals surface area contributed by atoms with Crippen molar-refractivity contribution in [3.05, 3.63) is 87.6 Å². The first-order valence-corrected chi connectivity index (χ1v) is 12.6. The number of carboxylic acid groups (broad SMARTS) is 1. The zero-order chi connectivity index (χ0) is 24.9. The van der Waals surface area contributed by atoms with Gasteiger partial charge >= 0.3 is 5.97 Å². The minimum Gasteiger partial charge on any atom is -0.480 e. The Labute approximate surface area is 207 Å². The van der Waals surface area contributed by atoms with Crippen LogP contribution >= 0.6 is 11.3 Å². The number of fused-ring (bicyclic) bond motifs is 1. The van der Waals surface area contributed by atoms with E-state index in [0.717, 1.165) is 24.2 Å². The van der Waals surface area contributed by atoms with Crippen LogP contribution in [0.3, 0.4) is 0 Å². The third-order valence-electron chi connectivity index (χ3n) is 6.20. The molecule has 4 aromatic rings. The summed E-state index contributed by atoms with van der Waals surface area (Å²) in [5.41, 5.74) is 2.64. The van der Waals surface area contributed by atoms with Crippen molar-refractivity contribution in [1.29, 1.82) is 0 Å². The number of imidazole rings is 1. The molecule has 0 aliphatic heterocycles. The molecule has 2 heterocycles. The van der Waals surface area contributed by atoms with Crippen molar-refractivity contribution in [3.63, 3.8) is 0 Å². The van der Waals surface area contributed by atoms with Crippen LogP contribution in [-0.2, 0) is 17.6 Å². The predicted molar refractivity (Wildman–Crippen MR) is 135 cm³/mol. The Morgan fingerprint density at radius 2 is 1.86 bits per heavy atom. The second-order valence-electron chi connectivity index (χ2n) is 8.52. The van der Waals surface area contributed by atoms with E-state index in [0.29, 0.717) is 29.1 Å². The third-order valence-corrected chi connectivity index (χ3v) is 7.08. The minimum absolute atomic E-state index is 0.0534. The van der Waals surface area contributed by atoms with Gasteiger partial charge in [-0.2, -0.15) is 0 Å². The average molecular weight is 494 g/mol. The maximum Gasteiger partial charge on any atom is 0.326 e. The van der Waals surface area contributed by atoms with Gasteiger partial charge in [-0.1, -0.05) is 32.0 Å². The second-order valence-corrected chi connectivity index (χ2v) is 9.56. The quantitative estimate of drug-likeness (QED) is 0.301. The molecule has 0 aliphatic carbocycles. The summed E-state index contributed by atoms with van der Waals surface area (Å²) in [4.78, 5) is 30.9. The van der Waals surface area contributed by atoms with Gasteiger partial charge in [-0.15, -0.1) is 11.3 Å². The van der Waals surface area contributed by atoms with Crippen molar-refractivity contribution in [2.24, 2.45) is 0 Å². The number of thiophene rings is 1. The van der Waals surface area contributed by atoms with E-state index in [1.54, 1.807) is 23.5 Å². The van der Waals surface area contributed by atoms with Crippen molar-refractivity contribution in [2.45, 2.75) is 51.6 Å². The average Bonchev–Trinajstić information content (AvgIpc) is 3.48. The van der Waals surface area contributed by atoms with Gasteiger partial charge in [-0.25, -0.2) is 14.2 Å². The van der Waals surface area contributed by atoms with Crippen molar-refractivity contribution >= 4 is 34.2 Å². The molecule has 182 valence electrons. The van der Waals surface area contributed by atoms with Gasteiger partial charge in [0.1, 0.15) is 17.7 Å². The molecule has 2 N–H and O–H groups in total. The first-order valence-electron chi connectivity index (χ1n) is 11.7. The minimum atomic E-state index is -1.15. The lowest BCUT2D eigenvalue weighted by Gasteiger charge is -2.19. The molecular formula is C27H28FN3O3S. The largest absolute Gasteiger partial charge is 0.480 e. The number of aromatic nitrogens is 2. The van der Waals surface area contributed by atoms with Crippen LogP contribution < -0.4 is 5.32 Å². The Morgan fingerprint density at radius 1 is 1.11 bits per heavy atom. The van der Waals surface area contributed by atoms with Gasteiger partial charge < -0.3 is 15.0 Å². The number of nitrogens with one attached hydrogen (secondary N) is 1. The van der Waals surface area contributed by atoms with Gasteiger partial charge in [0.25, 0.3) is 5.91 Å². The van der Waals surface area contributed by atoms with Crippen LogP contribution in [0.25, 0.3) is 11.0 Å². The number of rotatable bonds is 10. The number of benzene rings is 2. The normalized spacial score (nSPS) is 12.2. The molecule has 0 spiro atoms. The molecule has 0 fully saturated rings. The summed E-state index contributed by atoms with van der Waals surface area (Å²) in [6, 6.07) is 14.2. The number of hydrogen-bond acceptors (Lipinski definition) is 4. The molecule has 2 aromatic heterocycles. The molecular weight excluding hydrogens is 465 g/mol. The van der Waals surface area contributed by atoms with Crippen LogP contribution in [0.15, 0.2) is 60.0 Å². The fraction of sp³-hybridized carbons (Fsp3) is 0.296. The highest BCUT2D eigenvalue weighted by Gasteiger charge is 2.23. The molecule has 0 bridgehead atoms. The molecule has 1 amide bonds. The first-order chi connectivity index (χ1) is 16.9. The number of hydrogen-bond donors (Lipinski definition) is 2. The number of amides is 1. The highest BCUT2D eigenvalue weighted by atomic mass is 32.1. The van der Waals surface area contributed by atoms with Crippen LogP contribution in [0, 0.1) is 5.82 Å². The lowest BCUT2D eigenvalue weighted by atomic mass is 10.1. The summed E-state index contributed by atoms with van der Waals surface area (Å²) in [7, 11) is 0. The smallest absolute Gasteiger partial charge is 0.326 e. The number of halogens is 1. The SMILES string of the molecule is CCC(CC)n1c(Cc2cccs2)nc2cc(C(=O)N[C@@H](Cc3ccc(F)cc3)C(=O)O)ccc21. The van der Waals surface area contributed by atoms with Gasteiger partial charge in [-0.05, 0) is 60.2 Å². The standard InChI is InChI=1S/C27H28FN3O3S/c1-3-20(4-2)31-24-12-9-18(15-22(24)29-25(31)16-21-6-5-13-35-21)26(32)30-23(27(33)34)14-17-7-10-19(28)11-8-17/h5-13,15,20,23H,3-4,14,16H2,1-2H3,(H,30,32)(H,33,34)/t23-/m0/s1. The lowest BCUT2D eigenvalue weighted by Crippen LogP contribution is -2.42. The molecule has 1 atom stereocenters. The number of carbonyl (C=O) groups is 2. The van der Waals surface area contributed by atoms with E-state index in [1.165, 1.54) is 29.1 Å².